The zero-order valence-electron chi connectivity index (χ0n) is 13.0. The molecule has 3 nitrogen and oxygen atoms in total. The average Bonchev–Trinajstić information content (AvgIpc) is 3.03. The van der Waals surface area contributed by atoms with E-state index in [2.05, 4.69) is 29.2 Å². The summed E-state index contributed by atoms with van der Waals surface area (Å²) in [6.45, 7) is 2.50. The molecular weight excluding hydrogens is 296 g/mol. The Morgan fingerprint density at radius 2 is 2.18 bits per heavy atom. The van der Waals surface area contributed by atoms with E-state index in [4.69, 9.17) is 5.73 Å². The summed E-state index contributed by atoms with van der Waals surface area (Å²) in [6, 6.07) is 8.76. The molecule has 1 heterocycles. The predicted molar refractivity (Wildman–Crippen MR) is 90.2 cm³/mol. The third-order valence-electron chi connectivity index (χ3n) is 5.93. The number of hydrogen-bond donors (Lipinski definition) is 1. The highest BCUT2D eigenvalue weighted by Gasteiger charge is 2.61. The molecule has 2 fully saturated rings. The molecule has 2 aliphatic carbocycles. The SMILES string of the molecule is Cl.NCC1CCN(C(=O)C2CC23CCCc2ccccc23)C1. The van der Waals surface area contributed by atoms with Gasteiger partial charge in [-0.05, 0) is 55.7 Å². The lowest BCUT2D eigenvalue weighted by molar-refractivity contribution is -0.132. The summed E-state index contributed by atoms with van der Waals surface area (Å²) in [5, 5.41) is 0. The Morgan fingerprint density at radius 1 is 1.36 bits per heavy atom. The van der Waals surface area contributed by atoms with E-state index in [1.54, 1.807) is 0 Å². The van der Waals surface area contributed by atoms with Crippen LogP contribution in [0.1, 0.15) is 36.8 Å². The Hall–Kier alpha value is -1.06. The van der Waals surface area contributed by atoms with Crippen molar-refractivity contribution in [2.75, 3.05) is 19.6 Å². The summed E-state index contributed by atoms with van der Waals surface area (Å²) in [5.74, 6) is 1.14. The maximum absolute atomic E-state index is 12.8. The number of fused-ring (bicyclic) bond motifs is 2. The van der Waals surface area contributed by atoms with Crippen molar-refractivity contribution < 1.29 is 4.79 Å². The first kappa shape index (κ1) is 15.8. The van der Waals surface area contributed by atoms with Gasteiger partial charge in [0, 0.05) is 24.4 Å². The molecule has 120 valence electrons. The lowest BCUT2D eigenvalue weighted by Crippen LogP contribution is -2.34. The number of rotatable bonds is 2. The van der Waals surface area contributed by atoms with Crippen molar-refractivity contribution in [2.24, 2.45) is 17.6 Å². The molecule has 3 atom stereocenters. The van der Waals surface area contributed by atoms with Crippen LogP contribution in [0.2, 0.25) is 0 Å². The zero-order valence-corrected chi connectivity index (χ0v) is 13.8. The van der Waals surface area contributed by atoms with Gasteiger partial charge in [0.15, 0.2) is 0 Å². The fourth-order valence-corrected chi connectivity index (χ4v) is 4.60. The number of benzene rings is 1. The lowest BCUT2D eigenvalue weighted by atomic mass is 9.78. The van der Waals surface area contributed by atoms with Crippen LogP contribution in [0, 0.1) is 11.8 Å². The van der Waals surface area contributed by atoms with Gasteiger partial charge in [0.05, 0.1) is 0 Å². The van der Waals surface area contributed by atoms with Gasteiger partial charge >= 0.3 is 0 Å². The Labute approximate surface area is 138 Å². The Kier molecular flexibility index (Phi) is 4.21. The second-order valence-corrected chi connectivity index (χ2v) is 7.10. The molecule has 4 heteroatoms. The number of carbonyl (C=O) groups excluding carboxylic acids is 1. The molecule has 22 heavy (non-hydrogen) atoms. The van der Waals surface area contributed by atoms with E-state index in [0.29, 0.717) is 18.4 Å². The largest absolute Gasteiger partial charge is 0.342 e. The monoisotopic (exact) mass is 320 g/mol. The number of amides is 1. The topological polar surface area (TPSA) is 46.3 Å². The van der Waals surface area contributed by atoms with Crippen molar-refractivity contribution in [2.45, 2.75) is 37.5 Å². The maximum Gasteiger partial charge on any atom is 0.226 e. The van der Waals surface area contributed by atoms with Gasteiger partial charge < -0.3 is 10.6 Å². The molecule has 1 saturated carbocycles. The minimum Gasteiger partial charge on any atom is -0.342 e. The van der Waals surface area contributed by atoms with Crippen molar-refractivity contribution in [3.05, 3.63) is 35.4 Å². The molecule has 4 rings (SSSR count). The third kappa shape index (κ3) is 2.35. The Morgan fingerprint density at radius 3 is 2.95 bits per heavy atom. The third-order valence-corrected chi connectivity index (χ3v) is 5.93. The average molecular weight is 321 g/mol. The molecule has 3 unspecified atom stereocenters. The van der Waals surface area contributed by atoms with E-state index in [0.717, 1.165) is 25.9 Å². The highest BCUT2D eigenvalue weighted by atomic mass is 35.5. The van der Waals surface area contributed by atoms with Crippen LogP contribution in [0.4, 0.5) is 0 Å². The van der Waals surface area contributed by atoms with Crippen molar-refractivity contribution in [3.63, 3.8) is 0 Å². The molecule has 1 saturated heterocycles. The van der Waals surface area contributed by atoms with Crippen LogP contribution in [0.25, 0.3) is 0 Å². The number of likely N-dealkylation sites (tertiary alicyclic amines) is 1. The highest BCUT2D eigenvalue weighted by molar-refractivity contribution is 5.85. The summed E-state index contributed by atoms with van der Waals surface area (Å²) < 4.78 is 0. The molecule has 3 aliphatic rings. The molecule has 1 amide bonds. The number of aryl methyl sites for hydroxylation is 1. The number of nitrogens with zero attached hydrogens (tertiary/aromatic N) is 1. The van der Waals surface area contributed by atoms with Gasteiger partial charge in [-0.15, -0.1) is 12.4 Å². The second-order valence-electron chi connectivity index (χ2n) is 7.10. The van der Waals surface area contributed by atoms with Crippen molar-refractivity contribution in [1.82, 2.24) is 4.90 Å². The maximum atomic E-state index is 12.8. The number of nitrogens with two attached hydrogens (primary N) is 1. The summed E-state index contributed by atoms with van der Waals surface area (Å²) in [4.78, 5) is 14.9. The Bertz CT molecular complexity index is 576. The Balaban J connectivity index is 0.00000144. The fourth-order valence-electron chi connectivity index (χ4n) is 4.60. The smallest absolute Gasteiger partial charge is 0.226 e. The quantitative estimate of drug-likeness (QED) is 0.910. The highest BCUT2D eigenvalue weighted by Crippen LogP contribution is 2.61. The number of hydrogen-bond acceptors (Lipinski definition) is 2. The van der Waals surface area contributed by atoms with Crippen LogP contribution in [0.3, 0.4) is 0 Å². The summed E-state index contributed by atoms with van der Waals surface area (Å²) in [5.41, 5.74) is 8.86. The summed E-state index contributed by atoms with van der Waals surface area (Å²) in [7, 11) is 0. The van der Waals surface area contributed by atoms with Crippen molar-refractivity contribution in [3.8, 4) is 0 Å². The van der Waals surface area contributed by atoms with Gasteiger partial charge in [-0.2, -0.15) is 0 Å². The van der Waals surface area contributed by atoms with Crippen LogP contribution in [-0.4, -0.2) is 30.4 Å². The molecule has 1 spiro atoms. The van der Waals surface area contributed by atoms with Gasteiger partial charge in [0.1, 0.15) is 0 Å². The second kappa shape index (κ2) is 5.86. The van der Waals surface area contributed by atoms with Crippen molar-refractivity contribution >= 4 is 18.3 Å². The molecule has 1 aromatic carbocycles. The minimum atomic E-state index is 0. The van der Waals surface area contributed by atoms with Gasteiger partial charge in [-0.3, -0.25) is 4.79 Å². The first-order valence-corrected chi connectivity index (χ1v) is 8.32. The predicted octanol–water partition coefficient (Wildman–Crippen LogP) is 2.51. The standard InChI is InChI=1S/C18H24N2O.ClH/c19-11-13-7-9-20(12-13)17(21)16-10-18(16)8-3-5-14-4-1-2-6-15(14)18;/h1-2,4,6,13,16H,3,5,7-12,19H2;1H. The number of carbonyl (C=O) groups is 1. The molecular formula is C18H25ClN2O. The van der Waals surface area contributed by atoms with Crippen LogP contribution in [-0.2, 0) is 16.6 Å². The molecule has 1 aromatic rings. The van der Waals surface area contributed by atoms with Gasteiger partial charge in [0.2, 0.25) is 5.91 Å². The number of halogens is 1. The van der Waals surface area contributed by atoms with Crippen LogP contribution < -0.4 is 5.73 Å². The van der Waals surface area contributed by atoms with E-state index in [1.807, 2.05) is 0 Å². The van der Waals surface area contributed by atoms with E-state index < -0.39 is 0 Å². The van der Waals surface area contributed by atoms with E-state index >= 15 is 0 Å². The van der Waals surface area contributed by atoms with Gasteiger partial charge in [-0.25, -0.2) is 0 Å². The van der Waals surface area contributed by atoms with Gasteiger partial charge in [0.25, 0.3) is 0 Å². The van der Waals surface area contributed by atoms with Crippen molar-refractivity contribution in [1.29, 1.82) is 0 Å². The normalized spacial score (nSPS) is 32.5. The first-order valence-electron chi connectivity index (χ1n) is 8.32. The van der Waals surface area contributed by atoms with Crippen LogP contribution >= 0.6 is 12.4 Å². The molecule has 0 bridgehead atoms. The van der Waals surface area contributed by atoms with E-state index in [-0.39, 0.29) is 23.7 Å². The minimum absolute atomic E-state index is 0. The van der Waals surface area contributed by atoms with Crippen LogP contribution in [0.15, 0.2) is 24.3 Å². The molecule has 2 N–H and O–H groups in total. The zero-order chi connectivity index (χ0) is 14.4. The lowest BCUT2D eigenvalue weighted by Gasteiger charge is -2.27. The molecule has 1 aliphatic heterocycles. The fraction of sp³-hybridized carbons (Fsp3) is 0.611. The molecule has 0 radical (unpaired) electrons. The summed E-state index contributed by atoms with van der Waals surface area (Å²) in [6.07, 6.45) is 5.74. The van der Waals surface area contributed by atoms with Crippen LogP contribution in [0.5, 0.6) is 0 Å². The van der Waals surface area contributed by atoms with Gasteiger partial charge in [-0.1, -0.05) is 24.3 Å². The van der Waals surface area contributed by atoms with E-state index in [9.17, 15) is 4.79 Å². The summed E-state index contributed by atoms with van der Waals surface area (Å²) >= 11 is 0. The van der Waals surface area contributed by atoms with E-state index in [1.165, 1.54) is 30.4 Å². The molecule has 0 aromatic heterocycles. The first-order chi connectivity index (χ1) is 10.2.